The fourth-order valence-corrected chi connectivity index (χ4v) is 0.953. The maximum absolute atomic E-state index is 4.21. The topological polar surface area (TPSA) is 30.2 Å². The lowest BCUT2D eigenvalue weighted by molar-refractivity contribution is 0.767. The Morgan fingerprint density at radius 3 is 2.92 bits per heavy atom. The van der Waals surface area contributed by atoms with Crippen LogP contribution in [0.5, 0.6) is 0 Å². The highest BCUT2D eigenvalue weighted by Crippen LogP contribution is 2.00. The largest absolute Gasteiger partial charge is 0.275 e. The average molecular weight is 175 g/mol. The van der Waals surface area contributed by atoms with Gasteiger partial charge in [-0.2, -0.15) is 5.10 Å². The maximum atomic E-state index is 4.21. The van der Waals surface area contributed by atoms with Crippen LogP contribution in [0.15, 0.2) is 42.3 Å². The van der Waals surface area contributed by atoms with Gasteiger partial charge in [0.05, 0.1) is 11.9 Å². The van der Waals surface area contributed by atoms with E-state index in [9.17, 15) is 0 Å². The highest BCUT2D eigenvalue weighted by molar-refractivity contribution is 6.08. The van der Waals surface area contributed by atoms with Gasteiger partial charge in [0.15, 0.2) is 0 Å². The molecule has 0 saturated carbocycles. The molecule has 0 aromatic carbocycles. The first-order chi connectivity index (χ1) is 6.27. The molecule has 0 saturated heterocycles. The van der Waals surface area contributed by atoms with Gasteiger partial charge in [0.25, 0.3) is 0 Å². The molecule has 0 aliphatic carbocycles. The van der Waals surface area contributed by atoms with Gasteiger partial charge in [-0.15, -0.1) is 0 Å². The first kappa shape index (κ1) is 9.45. The second kappa shape index (κ2) is 4.40. The zero-order valence-corrected chi connectivity index (χ0v) is 7.94. The van der Waals surface area contributed by atoms with E-state index < -0.39 is 0 Å². The monoisotopic (exact) mass is 175 g/mol. The van der Waals surface area contributed by atoms with E-state index >= 15 is 0 Å². The highest BCUT2D eigenvalue weighted by atomic mass is 15.2. The third kappa shape index (κ3) is 2.40. The minimum atomic E-state index is 0.839. The Hall–Kier alpha value is -1.64. The van der Waals surface area contributed by atoms with E-state index in [0.717, 1.165) is 11.3 Å². The molecule has 0 N–H and O–H groups in total. The summed E-state index contributed by atoms with van der Waals surface area (Å²) < 4.78 is 1.74. The van der Waals surface area contributed by atoms with Gasteiger partial charge in [0.1, 0.15) is 0 Å². The van der Waals surface area contributed by atoms with Crippen molar-refractivity contribution in [3.63, 3.8) is 0 Å². The molecule has 68 valence electrons. The predicted octanol–water partition coefficient (Wildman–Crippen LogP) is 1.93. The molecule has 0 fully saturated rings. The van der Waals surface area contributed by atoms with Crippen LogP contribution in [0.4, 0.5) is 0 Å². The Morgan fingerprint density at radius 1 is 1.69 bits per heavy atom. The zero-order chi connectivity index (χ0) is 9.68. The summed E-state index contributed by atoms with van der Waals surface area (Å²) in [4.78, 5) is 4.21. The molecular formula is C10H13N3. The standard InChI is InChI=1S/C10H13N3/c1-4-6-11-10(5-2)9-7-12-13(3)8-9/h4-8H,2H2,1,3H3. The van der Waals surface area contributed by atoms with Crippen molar-refractivity contribution in [1.29, 1.82) is 0 Å². The van der Waals surface area contributed by atoms with Gasteiger partial charge in [-0.1, -0.05) is 12.7 Å². The first-order valence-corrected chi connectivity index (χ1v) is 4.08. The molecule has 1 aromatic rings. The van der Waals surface area contributed by atoms with Gasteiger partial charge in [-0.05, 0) is 13.0 Å². The Balaban J connectivity index is 2.96. The fraction of sp³-hybridized carbons (Fsp3) is 0.200. The van der Waals surface area contributed by atoms with Crippen LogP contribution >= 0.6 is 0 Å². The molecule has 0 unspecified atom stereocenters. The molecule has 0 atom stereocenters. The van der Waals surface area contributed by atoms with Gasteiger partial charge in [0.2, 0.25) is 0 Å². The van der Waals surface area contributed by atoms with Crippen molar-refractivity contribution < 1.29 is 0 Å². The molecule has 3 nitrogen and oxygen atoms in total. The Kier molecular flexibility index (Phi) is 3.20. The number of allylic oxidation sites excluding steroid dienone is 2. The van der Waals surface area contributed by atoms with Crippen LogP contribution < -0.4 is 0 Å². The van der Waals surface area contributed by atoms with Crippen LogP contribution in [0, 0.1) is 0 Å². The molecule has 13 heavy (non-hydrogen) atoms. The van der Waals surface area contributed by atoms with Gasteiger partial charge in [-0.25, -0.2) is 0 Å². The number of nitrogens with zero attached hydrogens (tertiary/aromatic N) is 3. The summed E-state index contributed by atoms with van der Waals surface area (Å²) in [7, 11) is 1.87. The third-order valence-corrected chi connectivity index (χ3v) is 1.56. The first-order valence-electron chi connectivity index (χ1n) is 4.08. The Labute approximate surface area is 78.1 Å². The Morgan fingerprint density at radius 2 is 2.46 bits per heavy atom. The average Bonchev–Trinajstić information content (AvgIpc) is 2.54. The normalized spacial score (nSPS) is 12.3. The summed E-state index contributed by atoms with van der Waals surface area (Å²) in [6, 6.07) is 0. The van der Waals surface area contributed by atoms with Crippen LogP contribution in [0.3, 0.4) is 0 Å². The van der Waals surface area contributed by atoms with E-state index in [2.05, 4.69) is 16.7 Å². The van der Waals surface area contributed by atoms with E-state index in [0.29, 0.717) is 0 Å². The molecular weight excluding hydrogens is 162 g/mol. The molecule has 0 amide bonds. The maximum Gasteiger partial charge on any atom is 0.0727 e. The van der Waals surface area contributed by atoms with Crippen LogP contribution in [-0.2, 0) is 7.05 Å². The summed E-state index contributed by atoms with van der Waals surface area (Å²) in [6.45, 7) is 5.62. The van der Waals surface area contributed by atoms with Crippen LogP contribution in [0.1, 0.15) is 12.5 Å². The summed E-state index contributed by atoms with van der Waals surface area (Å²) in [5, 5.41) is 4.06. The fourth-order valence-electron chi connectivity index (χ4n) is 0.953. The van der Waals surface area contributed by atoms with E-state index in [4.69, 9.17) is 0 Å². The zero-order valence-electron chi connectivity index (χ0n) is 7.94. The number of hydrogen-bond donors (Lipinski definition) is 0. The number of aryl methyl sites for hydroxylation is 1. The summed E-state index contributed by atoms with van der Waals surface area (Å²) in [5.74, 6) is 0. The van der Waals surface area contributed by atoms with Crippen LogP contribution in [0.2, 0.25) is 0 Å². The van der Waals surface area contributed by atoms with Crippen LogP contribution in [-0.4, -0.2) is 15.5 Å². The van der Waals surface area contributed by atoms with E-state index in [1.807, 2.05) is 26.2 Å². The highest BCUT2D eigenvalue weighted by Gasteiger charge is 1.99. The van der Waals surface area contributed by atoms with E-state index in [1.54, 1.807) is 23.2 Å². The second-order valence-electron chi connectivity index (χ2n) is 2.60. The van der Waals surface area contributed by atoms with E-state index in [-0.39, 0.29) is 0 Å². The molecule has 0 aliphatic rings. The SMILES string of the molecule is C=CC(=NC=CC)c1cnn(C)c1. The molecule has 0 radical (unpaired) electrons. The molecule has 0 spiro atoms. The lowest BCUT2D eigenvalue weighted by Gasteiger charge is -1.92. The number of aromatic nitrogens is 2. The van der Waals surface area contributed by atoms with Gasteiger partial charge >= 0.3 is 0 Å². The number of rotatable bonds is 3. The molecule has 0 aliphatic heterocycles. The van der Waals surface area contributed by atoms with Crippen molar-refractivity contribution in [2.24, 2.45) is 12.0 Å². The van der Waals surface area contributed by atoms with Gasteiger partial charge in [-0.3, -0.25) is 9.67 Å². The van der Waals surface area contributed by atoms with Crippen molar-refractivity contribution in [2.75, 3.05) is 0 Å². The van der Waals surface area contributed by atoms with Crippen molar-refractivity contribution in [3.05, 3.63) is 42.9 Å². The summed E-state index contributed by atoms with van der Waals surface area (Å²) in [5.41, 5.74) is 1.82. The van der Waals surface area contributed by atoms with Crippen molar-refractivity contribution in [3.8, 4) is 0 Å². The Bertz CT molecular complexity index is 345. The number of hydrogen-bond acceptors (Lipinski definition) is 2. The second-order valence-corrected chi connectivity index (χ2v) is 2.60. The molecule has 3 heteroatoms. The minimum Gasteiger partial charge on any atom is -0.275 e. The van der Waals surface area contributed by atoms with Gasteiger partial charge < -0.3 is 0 Å². The van der Waals surface area contributed by atoms with Crippen molar-refractivity contribution in [2.45, 2.75) is 6.92 Å². The summed E-state index contributed by atoms with van der Waals surface area (Å²) in [6.07, 6.45) is 9.01. The molecule has 0 bridgehead atoms. The lowest BCUT2D eigenvalue weighted by Crippen LogP contribution is -1.93. The van der Waals surface area contributed by atoms with Crippen molar-refractivity contribution >= 4 is 5.71 Å². The molecule has 1 heterocycles. The predicted molar refractivity (Wildman–Crippen MR) is 54.8 cm³/mol. The third-order valence-electron chi connectivity index (χ3n) is 1.56. The number of aliphatic imine (C=N–C) groups is 1. The summed E-state index contributed by atoms with van der Waals surface area (Å²) >= 11 is 0. The molecule has 1 aromatic heterocycles. The van der Waals surface area contributed by atoms with E-state index in [1.165, 1.54) is 0 Å². The van der Waals surface area contributed by atoms with Gasteiger partial charge in [0, 0.05) is 25.0 Å². The smallest absolute Gasteiger partial charge is 0.0727 e. The quantitative estimate of drug-likeness (QED) is 0.645. The van der Waals surface area contributed by atoms with Crippen molar-refractivity contribution in [1.82, 2.24) is 9.78 Å². The minimum absolute atomic E-state index is 0.839. The van der Waals surface area contributed by atoms with Crippen LogP contribution in [0.25, 0.3) is 0 Å². The molecule has 1 rings (SSSR count). The lowest BCUT2D eigenvalue weighted by atomic mass is 10.2.